The van der Waals surface area contributed by atoms with Crippen molar-refractivity contribution in [1.82, 2.24) is 5.32 Å². The Balaban J connectivity index is 2.92. The van der Waals surface area contributed by atoms with Crippen molar-refractivity contribution >= 4 is 0 Å². The normalized spacial score (nSPS) is 11.5. The molecule has 0 saturated heterocycles. The number of rotatable bonds is 8. The van der Waals surface area contributed by atoms with Crippen LogP contribution in [-0.2, 0) is 4.74 Å². The van der Waals surface area contributed by atoms with Crippen molar-refractivity contribution in [1.29, 1.82) is 0 Å². The fourth-order valence-electron chi connectivity index (χ4n) is 1.13. The Morgan fingerprint density at radius 3 is 2.31 bits per heavy atom. The summed E-state index contributed by atoms with van der Waals surface area (Å²) in [7, 11) is 0. The zero-order valence-corrected chi connectivity index (χ0v) is 9.60. The standard InChI is InChI=1S/C11H25NO/c1-10(2)6-5-7-12-8-9-13-11(3)4/h10-12H,5-9H2,1-4H3. The lowest BCUT2D eigenvalue weighted by Crippen LogP contribution is -2.22. The van der Waals surface area contributed by atoms with Gasteiger partial charge in [0.15, 0.2) is 0 Å². The van der Waals surface area contributed by atoms with E-state index < -0.39 is 0 Å². The summed E-state index contributed by atoms with van der Waals surface area (Å²) < 4.78 is 5.41. The van der Waals surface area contributed by atoms with E-state index in [-0.39, 0.29) is 0 Å². The zero-order valence-electron chi connectivity index (χ0n) is 9.60. The number of nitrogens with one attached hydrogen (secondary N) is 1. The van der Waals surface area contributed by atoms with Crippen molar-refractivity contribution in [2.75, 3.05) is 19.7 Å². The number of ether oxygens (including phenoxy) is 1. The van der Waals surface area contributed by atoms with Gasteiger partial charge in [0, 0.05) is 6.54 Å². The minimum atomic E-state index is 0.359. The maximum atomic E-state index is 5.41. The van der Waals surface area contributed by atoms with Gasteiger partial charge in [-0.15, -0.1) is 0 Å². The van der Waals surface area contributed by atoms with Gasteiger partial charge in [-0.05, 0) is 39.2 Å². The van der Waals surface area contributed by atoms with E-state index in [2.05, 4.69) is 33.0 Å². The molecule has 0 amide bonds. The molecule has 2 heteroatoms. The molecule has 0 spiro atoms. The Hall–Kier alpha value is -0.0800. The number of hydrogen-bond acceptors (Lipinski definition) is 2. The molecular formula is C11H25NO. The molecule has 0 heterocycles. The first kappa shape index (κ1) is 12.9. The molecular weight excluding hydrogens is 162 g/mol. The molecule has 2 nitrogen and oxygen atoms in total. The molecule has 0 aliphatic rings. The van der Waals surface area contributed by atoms with Crippen LogP contribution in [0, 0.1) is 5.92 Å². The summed E-state index contributed by atoms with van der Waals surface area (Å²) in [5.74, 6) is 0.828. The molecule has 0 saturated carbocycles. The molecule has 0 aliphatic carbocycles. The zero-order chi connectivity index (χ0) is 10.1. The minimum absolute atomic E-state index is 0.359. The smallest absolute Gasteiger partial charge is 0.0594 e. The Labute approximate surface area is 83.1 Å². The maximum absolute atomic E-state index is 5.41. The van der Waals surface area contributed by atoms with E-state index in [1.807, 2.05) is 0 Å². The first-order valence-corrected chi connectivity index (χ1v) is 5.45. The van der Waals surface area contributed by atoms with E-state index in [1.165, 1.54) is 12.8 Å². The summed E-state index contributed by atoms with van der Waals surface area (Å²) >= 11 is 0. The third-order valence-corrected chi connectivity index (χ3v) is 1.87. The predicted molar refractivity (Wildman–Crippen MR) is 58.0 cm³/mol. The molecule has 80 valence electrons. The van der Waals surface area contributed by atoms with Crippen molar-refractivity contribution in [3.63, 3.8) is 0 Å². The molecule has 13 heavy (non-hydrogen) atoms. The number of hydrogen-bond donors (Lipinski definition) is 1. The first-order chi connectivity index (χ1) is 6.13. The topological polar surface area (TPSA) is 21.3 Å². The van der Waals surface area contributed by atoms with Crippen LogP contribution in [0.1, 0.15) is 40.5 Å². The van der Waals surface area contributed by atoms with Crippen LogP contribution in [0.5, 0.6) is 0 Å². The average molecular weight is 187 g/mol. The Morgan fingerprint density at radius 1 is 1.08 bits per heavy atom. The summed E-state index contributed by atoms with van der Waals surface area (Å²) in [6, 6.07) is 0. The second kappa shape index (κ2) is 8.52. The van der Waals surface area contributed by atoms with Crippen molar-refractivity contribution in [2.24, 2.45) is 5.92 Å². The van der Waals surface area contributed by atoms with Crippen LogP contribution in [0.2, 0.25) is 0 Å². The Kier molecular flexibility index (Phi) is 8.46. The third-order valence-electron chi connectivity index (χ3n) is 1.87. The van der Waals surface area contributed by atoms with Gasteiger partial charge in [0.25, 0.3) is 0 Å². The maximum Gasteiger partial charge on any atom is 0.0594 e. The second-order valence-corrected chi connectivity index (χ2v) is 4.21. The van der Waals surface area contributed by atoms with Crippen molar-refractivity contribution in [2.45, 2.75) is 46.6 Å². The Bertz CT molecular complexity index is 90.3. The van der Waals surface area contributed by atoms with Gasteiger partial charge in [0.2, 0.25) is 0 Å². The lowest BCUT2D eigenvalue weighted by Gasteiger charge is -2.09. The van der Waals surface area contributed by atoms with Crippen molar-refractivity contribution < 1.29 is 4.74 Å². The highest BCUT2D eigenvalue weighted by molar-refractivity contribution is 4.50. The summed E-state index contributed by atoms with van der Waals surface area (Å²) in [5, 5.41) is 3.37. The molecule has 0 unspecified atom stereocenters. The van der Waals surface area contributed by atoms with Gasteiger partial charge < -0.3 is 10.1 Å². The quantitative estimate of drug-likeness (QED) is 0.589. The highest BCUT2D eigenvalue weighted by atomic mass is 16.5. The highest BCUT2D eigenvalue weighted by Crippen LogP contribution is 2.01. The van der Waals surface area contributed by atoms with Crippen LogP contribution in [-0.4, -0.2) is 25.8 Å². The summed E-state index contributed by atoms with van der Waals surface area (Å²) in [6.07, 6.45) is 2.95. The van der Waals surface area contributed by atoms with E-state index in [0.29, 0.717) is 6.10 Å². The summed E-state index contributed by atoms with van der Waals surface area (Å²) in [5.41, 5.74) is 0. The molecule has 0 aliphatic heterocycles. The lowest BCUT2D eigenvalue weighted by molar-refractivity contribution is 0.0808. The van der Waals surface area contributed by atoms with Crippen LogP contribution in [0.25, 0.3) is 0 Å². The van der Waals surface area contributed by atoms with Gasteiger partial charge in [-0.2, -0.15) is 0 Å². The van der Waals surface area contributed by atoms with Crippen molar-refractivity contribution in [3.05, 3.63) is 0 Å². The highest BCUT2D eigenvalue weighted by Gasteiger charge is 1.94. The first-order valence-electron chi connectivity index (χ1n) is 5.45. The van der Waals surface area contributed by atoms with Crippen LogP contribution in [0.4, 0.5) is 0 Å². The molecule has 0 atom stereocenters. The molecule has 0 radical (unpaired) electrons. The fourth-order valence-corrected chi connectivity index (χ4v) is 1.13. The molecule has 0 aromatic carbocycles. The van der Waals surface area contributed by atoms with Gasteiger partial charge in [0.1, 0.15) is 0 Å². The lowest BCUT2D eigenvalue weighted by atomic mass is 10.1. The molecule has 0 aromatic heterocycles. The van der Waals surface area contributed by atoms with Gasteiger partial charge in [0.05, 0.1) is 12.7 Å². The SMILES string of the molecule is CC(C)CCCNCCOC(C)C. The van der Waals surface area contributed by atoms with Crippen LogP contribution >= 0.6 is 0 Å². The Morgan fingerprint density at radius 2 is 1.77 bits per heavy atom. The van der Waals surface area contributed by atoms with E-state index in [9.17, 15) is 0 Å². The minimum Gasteiger partial charge on any atom is -0.377 e. The summed E-state index contributed by atoms with van der Waals surface area (Å²) in [6.45, 7) is 11.6. The average Bonchev–Trinajstić information content (AvgIpc) is 2.01. The van der Waals surface area contributed by atoms with E-state index in [4.69, 9.17) is 4.74 Å². The van der Waals surface area contributed by atoms with Gasteiger partial charge in [-0.3, -0.25) is 0 Å². The van der Waals surface area contributed by atoms with E-state index in [1.54, 1.807) is 0 Å². The third kappa shape index (κ3) is 11.9. The van der Waals surface area contributed by atoms with Crippen LogP contribution in [0.15, 0.2) is 0 Å². The molecule has 1 N–H and O–H groups in total. The van der Waals surface area contributed by atoms with Gasteiger partial charge in [-0.1, -0.05) is 13.8 Å². The van der Waals surface area contributed by atoms with Crippen molar-refractivity contribution in [3.8, 4) is 0 Å². The second-order valence-electron chi connectivity index (χ2n) is 4.21. The van der Waals surface area contributed by atoms with Gasteiger partial charge >= 0.3 is 0 Å². The van der Waals surface area contributed by atoms with Gasteiger partial charge in [-0.25, -0.2) is 0 Å². The molecule has 0 rings (SSSR count). The largest absolute Gasteiger partial charge is 0.377 e. The monoisotopic (exact) mass is 187 g/mol. The van der Waals surface area contributed by atoms with Crippen LogP contribution < -0.4 is 5.32 Å². The van der Waals surface area contributed by atoms with E-state index in [0.717, 1.165) is 25.6 Å². The predicted octanol–water partition coefficient (Wildman–Crippen LogP) is 2.44. The van der Waals surface area contributed by atoms with Crippen LogP contribution in [0.3, 0.4) is 0 Å². The molecule has 0 aromatic rings. The molecule has 0 bridgehead atoms. The fraction of sp³-hybridized carbons (Fsp3) is 1.00. The molecule has 0 fully saturated rings. The summed E-state index contributed by atoms with van der Waals surface area (Å²) in [4.78, 5) is 0. The van der Waals surface area contributed by atoms with E-state index >= 15 is 0 Å².